The van der Waals surface area contributed by atoms with E-state index in [0.717, 1.165) is 12.2 Å². The van der Waals surface area contributed by atoms with Crippen LogP contribution in [0.1, 0.15) is 30.7 Å². The topological polar surface area (TPSA) is 20.2 Å². The van der Waals surface area contributed by atoms with Crippen molar-refractivity contribution in [3.8, 4) is 0 Å². The van der Waals surface area contributed by atoms with Crippen molar-refractivity contribution in [1.29, 1.82) is 0 Å². The highest BCUT2D eigenvalue weighted by Gasteiger charge is 2.48. The molecule has 1 aromatic heterocycles. The Hall–Kier alpha value is 0.01000. The molecule has 0 amide bonds. The number of aryl methyl sites for hydroxylation is 1. The first-order valence-electron chi connectivity index (χ1n) is 5.32. The number of hydrogen-bond acceptors (Lipinski definition) is 3. The second kappa shape index (κ2) is 3.79. The van der Waals surface area contributed by atoms with E-state index >= 15 is 0 Å². The van der Waals surface area contributed by atoms with Crippen molar-refractivity contribution in [2.75, 3.05) is 11.5 Å². The van der Waals surface area contributed by atoms with Crippen molar-refractivity contribution < 1.29 is 5.11 Å². The molecule has 0 radical (unpaired) electrons. The van der Waals surface area contributed by atoms with Crippen molar-refractivity contribution in [3.05, 3.63) is 21.9 Å². The minimum atomic E-state index is -0.631. The summed E-state index contributed by atoms with van der Waals surface area (Å²) >= 11 is 3.56. The van der Waals surface area contributed by atoms with Gasteiger partial charge in [0.25, 0.3) is 0 Å². The van der Waals surface area contributed by atoms with Crippen LogP contribution < -0.4 is 0 Å². The Morgan fingerprint density at radius 1 is 1.40 bits per heavy atom. The van der Waals surface area contributed by atoms with Gasteiger partial charge in [-0.15, -0.1) is 11.3 Å². The summed E-state index contributed by atoms with van der Waals surface area (Å²) in [6, 6.07) is 2.10. The lowest BCUT2D eigenvalue weighted by molar-refractivity contribution is -0.0552. The van der Waals surface area contributed by atoms with Gasteiger partial charge in [0.1, 0.15) is 5.60 Å². The Morgan fingerprint density at radius 2 is 2.13 bits per heavy atom. The first kappa shape index (κ1) is 11.5. The van der Waals surface area contributed by atoms with Crippen LogP contribution in [0, 0.1) is 12.3 Å². The molecule has 15 heavy (non-hydrogen) atoms. The maximum Gasteiger partial charge on any atom is 0.113 e. The highest BCUT2D eigenvalue weighted by atomic mass is 32.2. The molecule has 1 nitrogen and oxygen atoms in total. The first-order chi connectivity index (χ1) is 6.97. The summed E-state index contributed by atoms with van der Waals surface area (Å²) in [5.41, 5.74) is 0.597. The standard InChI is InChI=1S/C12H18OS2/c1-9-4-6-15-10(9)12(13)8-14-7-5-11(12,2)3/h4,6,13H,5,7-8H2,1-3H3. The van der Waals surface area contributed by atoms with Crippen LogP contribution >= 0.6 is 23.1 Å². The minimum Gasteiger partial charge on any atom is -0.383 e. The molecule has 1 fully saturated rings. The highest BCUT2D eigenvalue weighted by molar-refractivity contribution is 7.99. The molecule has 0 aromatic carbocycles. The van der Waals surface area contributed by atoms with Gasteiger partial charge in [-0.2, -0.15) is 11.8 Å². The molecular weight excluding hydrogens is 224 g/mol. The van der Waals surface area contributed by atoms with Gasteiger partial charge in [-0.25, -0.2) is 0 Å². The zero-order valence-electron chi connectivity index (χ0n) is 9.54. The van der Waals surface area contributed by atoms with E-state index in [4.69, 9.17) is 0 Å². The molecule has 3 heteroatoms. The fourth-order valence-electron chi connectivity index (χ4n) is 2.12. The smallest absolute Gasteiger partial charge is 0.113 e. The van der Waals surface area contributed by atoms with E-state index in [1.807, 2.05) is 11.8 Å². The van der Waals surface area contributed by atoms with Gasteiger partial charge in [0.05, 0.1) is 0 Å². The van der Waals surface area contributed by atoms with Gasteiger partial charge in [-0.05, 0) is 36.1 Å². The Bertz CT molecular complexity index is 356. The molecular formula is C12H18OS2. The summed E-state index contributed by atoms with van der Waals surface area (Å²) in [7, 11) is 0. The van der Waals surface area contributed by atoms with E-state index in [1.165, 1.54) is 16.2 Å². The Labute approximate surface area is 99.9 Å². The van der Waals surface area contributed by atoms with Gasteiger partial charge in [-0.3, -0.25) is 0 Å². The molecule has 1 aliphatic heterocycles. The van der Waals surface area contributed by atoms with Crippen LogP contribution in [0.3, 0.4) is 0 Å². The van der Waals surface area contributed by atoms with Gasteiger partial charge in [0.15, 0.2) is 0 Å². The van der Waals surface area contributed by atoms with E-state index in [2.05, 4.69) is 32.2 Å². The number of thioether (sulfide) groups is 1. The van der Waals surface area contributed by atoms with Crippen LogP contribution in [0.5, 0.6) is 0 Å². The molecule has 1 unspecified atom stereocenters. The molecule has 0 spiro atoms. The number of hydrogen-bond donors (Lipinski definition) is 1. The van der Waals surface area contributed by atoms with Gasteiger partial charge in [0.2, 0.25) is 0 Å². The lowest BCUT2D eigenvalue weighted by Gasteiger charge is -2.46. The van der Waals surface area contributed by atoms with Gasteiger partial charge in [-0.1, -0.05) is 13.8 Å². The molecule has 1 aliphatic rings. The molecule has 1 atom stereocenters. The Balaban J connectivity index is 2.44. The van der Waals surface area contributed by atoms with E-state index in [-0.39, 0.29) is 5.41 Å². The lowest BCUT2D eigenvalue weighted by Crippen LogP contribution is -2.47. The molecule has 1 N–H and O–H groups in total. The SMILES string of the molecule is Cc1ccsc1C1(O)CSCCC1(C)C. The van der Waals surface area contributed by atoms with Crippen molar-refractivity contribution in [2.24, 2.45) is 5.41 Å². The van der Waals surface area contributed by atoms with E-state index in [9.17, 15) is 5.11 Å². The van der Waals surface area contributed by atoms with Crippen LogP contribution in [-0.2, 0) is 5.60 Å². The summed E-state index contributed by atoms with van der Waals surface area (Å²) in [6.07, 6.45) is 1.09. The third kappa shape index (κ3) is 1.75. The normalized spacial score (nSPS) is 30.4. The first-order valence-corrected chi connectivity index (χ1v) is 7.35. The molecule has 0 bridgehead atoms. The van der Waals surface area contributed by atoms with Gasteiger partial charge >= 0.3 is 0 Å². The summed E-state index contributed by atoms with van der Waals surface area (Å²) in [5, 5.41) is 13.0. The highest BCUT2D eigenvalue weighted by Crippen LogP contribution is 2.50. The predicted octanol–water partition coefficient (Wildman–Crippen LogP) is 3.41. The lowest BCUT2D eigenvalue weighted by atomic mass is 9.72. The fourth-order valence-corrected chi connectivity index (χ4v) is 5.05. The third-order valence-corrected chi connectivity index (χ3v) is 5.82. The Kier molecular flexibility index (Phi) is 2.91. The van der Waals surface area contributed by atoms with Crippen LogP contribution in [0.15, 0.2) is 11.4 Å². The zero-order valence-corrected chi connectivity index (χ0v) is 11.2. The minimum absolute atomic E-state index is 0.00609. The predicted molar refractivity (Wildman–Crippen MR) is 68.7 cm³/mol. The van der Waals surface area contributed by atoms with Crippen LogP contribution in [0.25, 0.3) is 0 Å². The number of rotatable bonds is 1. The summed E-state index contributed by atoms with van der Waals surface area (Å²) < 4.78 is 0. The summed E-state index contributed by atoms with van der Waals surface area (Å²) in [4.78, 5) is 1.17. The molecule has 84 valence electrons. The number of thiophene rings is 1. The fraction of sp³-hybridized carbons (Fsp3) is 0.667. The summed E-state index contributed by atoms with van der Waals surface area (Å²) in [6.45, 7) is 6.47. The zero-order chi connectivity index (χ0) is 11.1. The monoisotopic (exact) mass is 242 g/mol. The largest absolute Gasteiger partial charge is 0.383 e. The molecule has 0 aliphatic carbocycles. The molecule has 2 heterocycles. The molecule has 1 aromatic rings. The number of aliphatic hydroxyl groups is 1. The van der Waals surface area contributed by atoms with Gasteiger partial charge < -0.3 is 5.11 Å². The Morgan fingerprint density at radius 3 is 2.67 bits per heavy atom. The maximum absolute atomic E-state index is 10.9. The van der Waals surface area contributed by atoms with Crippen molar-refractivity contribution in [3.63, 3.8) is 0 Å². The second-order valence-corrected chi connectivity index (χ2v) is 7.00. The van der Waals surface area contributed by atoms with Crippen molar-refractivity contribution >= 4 is 23.1 Å². The van der Waals surface area contributed by atoms with Crippen LogP contribution in [-0.4, -0.2) is 16.6 Å². The second-order valence-electron chi connectivity index (χ2n) is 4.98. The van der Waals surface area contributed by atoms with Crippen molar-refractivity contribution in [1.82, 2.24) is 0 Å². The van der Waals surface area contributed by atoms with E-state index in [1.54, 1.807) is 11.3 Å². The average molecular weight is 242 g/mol. The molecule has 1 saturated heterocycles. The van der Waals surface area contributed by atoms with E-state index in [0.29, 0.717) is 0 Å². The van der Waals surface area contributed by atoms with Crippen LogP contribution in [0.2, 0.25) is 0 Å². The molecule has 0 saturated carbocycles. The average Bonchev–Trinajstić information content (AvgIpc) is 2.57. The third-order valence-electron chi connectivity index (χ3n) is 3.54. The summed E-state index contributed by atoms with van der Waals surface area (Å²) in [5.74, 6) is 2.00. The van der Waals surface area contributed by atoms with Crippen molar-refractivity contribution in [2.45, 2.75) is 32.8 Å². The molecule has 2 rings (SSSR count). The quantitative estimate of drug-likeness (QED) is 0.814. The van der Waals surface area contributed by atoms with E-state index < -0.39 is 5.60 Å². The maximum atomic E-state index is 10.9. The van der Waals surface area contributed by atoms with Crippen LogP contribution in [0.4, 0.5) is 0 Å². The van der Waals surface area contributed by atoms with Gasteiger partial charge in [0, 0.05) is 16.0 Å².